The van der Waals surface area contributed by atoms with Crippen LogP contribution in [0.25, 0.3) is 5.69 Å². The maximum absolute atomic E-state index is 12.2. The Morgan fingerprint density at radius 3 is 2.73 bits per heavy atom. The van der Waals surface area contributed by atoms with Crippen molar-refractivity contribution < 1.29 is 14.1 Å². The number of aryl methyl sites for hydroxylation is 2. The van der Waals surface area contributed by atoms with E-state index in [1.165, 1.54) is 11.0 Å². The fraction of sp³-hybridized carbons (Fsp3) is 0.222. The maximum Gasteiger partial charge on any atom is 0.315 e. The van der Waals surface area contributed by atoms with Crippen molar-refractivity contribution in [1.82, 2.24) is 19.8 Å². The molecule has 2 heterocycles. The topological polar surface area (TPSA) is 93.3 Å². The minimum Gasteiger partial charge on any atom is -0.360 e. The standard InChI is InChI=1S/C18H19N5O3/c1-12-6-4-5-7-15(12)23-11-14(9-19-23)10-22(3)18(25)17(24)20-16-8-13(2)26-21-16/h4-9,11H,10H2,1-3H3,(H,20,21,24). The van der Waals surface area contributed by atoms with Gasteiger partial charge in [0.1, 0.15) is 5.76 Å². The smallest absolute Gasteiger partial charge is 0.315 e. The van der Waals surface area contributed by atoms with Gasteiger partial charge in [0.15, 0.2) is 5.82 Å². The molecule has 0 aliphatic rings. The Kier molecular flexibility index (Phi) is 4.83. The van der Waals surface area contributed by atoms with E-state index in [0.29, 0.717) is 5.76 Å². The lowest BCUT2D eigenvalue weighted by molar-refractivity contribution is -0.142. The van der Waals surface area contributed by atoms with E-state index in [0.717, 1.165) is 16.8 Å². The van der Waals surface area contributed by atoms with Crippen molar-refractivity contribution >= 4 is 17.6 Å². The molecule has 8 nitrogen and oxygen atoms in total. The third kappa shape index (κ3) is 3.80. The Labute approximate surface area is 150 Å². The molecule has 2 aromatic heterocycles. The van der Waals surface area contributed by atoms with Gasteiger partial charge in [-0.05, 0) is 25.5 Å². The second kappa shape index (κ2) is 7.22. The third-order valence-corrected chi connectivity index (χ3v) is 3.83. The number of hydrogen-bond donors (Lipinski definition) is 1. The first-order chi connectivity index (χ1) is 12.4. The summed E-state index contributed by atoms with van der Waals surface area (Å²) >= 11 is 0. The molecular weight excluding hydrogens is 334 g/mol. The number of aromatic nitrogens is 3. The first kappa shape index (κ1) is 17.4. The molecule has 0 bridgehead atoms. The van der Waals surface area contributed by atoms with E-state index in [9.17, 15) is 9.59 Å². The van der Waals surface area contributed by atoms with Crippen LogP contribution in [0, 0.1) is 13.8 Å². The van der Waals surface area contributed by atoms with E-state index in [1.807, 2.05) is 37.4 Å². The van der Waals surface area contributed by atoms with Gasteiger partial charge in [0.25, 0.3) is 0 Å². The largest absolute Gasteiger partial charge is 0.360 e. The molecule has 0 aliphatic heterocycles. The average Bonchev–Trinajstić information content (AvgIpc) is 3.23. The number of benzene rings is 1. The van der Waals surface area contributed by atoms with Gasteiger partial charge in [-0.1, -0.05) is 23.4 Å². The zero-order valence-electron chi connectivity index (χ0n) is 14.8. The number of nitrogens with zero attached hydrogens (tertiary/aromatic N) is 4. The van der Waals surface area contributed by atoms with Crippen molar-refractivity contribution in [3.05, 3.63) is 59.6 Å². The second-order valence-electron chi connectivity index (χ2n) is 6.02. The molecule has 0 atom stereocenters. The molecule has 3 rings (SSSR count). The summed E-state index contributed by atoms with van der Waals surface area (Å²) in [5.41, 5.74) is 2.87. The number of likely N-dealkylation sites (N-methyl/N-ethyl adjacent to an activating group) is 1. The highest BCUT2D eigenvalue weighted by Gasteiger charge is 2.20. The van der Waals surface area contributed by atoms with Crippen LogP contribution in [0.4, 0.5) is 5.82 Å². The summed E-state index contributed by atoms with van der Waals surface area (Å²) in [5, 5.41) is 10.4. The monoisotopic (exact) mass is 353 g/mol. The summed E-state index contributed by atoms with van der Waals surface area (Å²) < 4.78 is 6.61. The fourth-order valence-electron chi connectivity index (χ4n) is 2.51. The zero-order valence-corrected chi connectivity index (χ0v) is 14.8. The number of para-hydroxylation sites is 1. The number of carbonyl (C=O) groups excluding carboxylic acids is 2. The molecule has 0 aliphatic carbocycles. The van der Waals surface area contributed by atoms with Gasteiger partial charge in [-0.15, -0.1) is 0 Å². The van der Waals surface area contributed by atoms with Crippen LogP contribution in [0.5, 0.6) is 0 Å². The first-order valence-electron chi connectivity index (χ1n) is 8.03. The summed E-state index contributed by atoms with van der Waals surface area (Å²) in [5.74, 6) is -0.687. The molecule has 134 valence electrons. The van der Waals surface area contributed by atoms with E-state index in [2.05, 4.69) is 15.6 Å². The summed E-state index contributed by atoms with van der Waals surface area (Å²) in [6.07, 6.45) is 3.51. The molecule has 0 spiro atoms. The van der Waals surface area contributed by atoms with Gasteiger partial charge in [-0.2, -0.15) is 5.10 Å². The minimum absolute atomic E-state index is 0.210. The molecular formula is C18H19N5O3. The quantitative estimate of drug-likeness (QED) is 0.725. The molecule has 0 saturated heterocycles. The molecule has 1 aromatic carbocycles. The van der Waals surface area contributed by atoms with Crippen molar-refractivity contribution in [3.8, 4) is 5.69 Å². The van der Waals surface area contributed by atoms with E-state index >= 15 is 0 Å². The predicted molar refractivity (Wildman–Crippen MR) is 94.6 cm³/mol. The van der Waals surface area contributed by atoms with Crippen molar-refractivity contribution in [1.29, 1.82) is 0 Å². The Balaban J connectivity index is 1.64. The van der Waals surface area contributed by atoms with Crippen LogP contribution in [0.2, 0.25) is 0 Å². The van der Waals surface area contributed by atoms with Crippen LogP contribution >= 0.6 is 0 Å². The number of anilines is 1. The lowest BCUT2D eigenvalue weighted by Crippen LogP contribution is -2.36. The molecule has 0 saturated carbocycles. The second-order valence-corrected chi connectivity index (χ2v) is 6.02. The third-order valence-electron chi connectivity index (χ3n) is 3.83. The summed E-state index contributed by atoms with van der Waals surface area (Å²) in [6, 6.07) is 9.41. The van der Waals surface area contributed by atoms with Crippen LogP contribution in [0.1, 0.15) is 16.9 Å². The maximum atomic E-state index is 12.2. The number of hydrogen-bond acceptors (Lipinski definition) is 5. The van der Waals surface area contributed by atoms with Crippen LogP contribution < -0.4 is 5.32 Å². The van der Waals surface area contributed by atoms with Gasteiger partial charge in [0.05, 0.1) is 11.9 Å². The summed E-state index contributed by atoms with van der Waals surface area (Å²) in [6.45, 7) is 3.96. The van der Waals surface area contributed by atoms with E-state index in [1.54, 1.807) is 24.9 Å². The number of nitrogens with one attached hydrogen (secondary N) is 1. The van der Waals surface area contributed by atoms with Gasteiger partial charge >= 0.3 is 11.8 Å². The van der Waals surface area contributed by atoms with Gasteiger partial charge in [-0.25, -0.2) is 4.68 Å². The van der Waals surface area contributed by atoms with Crippen LogP contribution in [0.15, 0.2) is 47.2 Å². The Bertz CT molecular complexity index is 944. The lowest BCUT2D eigenvalue weighted by atomic mass is 10.2. The SMILES string of the molecule is Cc1cc(NC(=O)C(=O)N(C)Cc2cnn(-c3ccccc3C)c2)no1. The lowest BCUT2D eigenvalue weighted by Gasteiger charge is -2.15. The van der Waals surface area contributed by atoms with Crippen molar-refractivity contribution in [2.45, 2.75) is 20.4 Å². The number of amides is 2. The Morgan fingerprint density at radius 1 is 1.27 bits per heavy atom. The highest BCUT2D eigenvalue weighted by Crippen LogP contribution is 2.14. The highest BCUT2D eigenvalue weighted by molar-refractivity contribution is 6.39. The van der Waals surface area contributed by atoms with Crippen LogP contribution in [-0.2, 0) is 16.1 Å². The Hall–Kier alpha value is -3.42. The average molecular weight is 353 g/mol. The van der Waals surface area contributed by atoms with Crippen LogP contribution in [-0.4, -0.2) is 38.7 Å². The van der Waals surface area contributed by atoms with Gasteiger partial charge in [0.2, 0.25) is 0 Å². The van der Waals surface area contributed by atoms with E-state index in [-0.39, 0.29) is 12.4 Å². The number of carbonyl (C=O) groups is 2. The van der Waals surface area contributed by atoms with Crippen molar-refractivity contribution in [3.63, 3.8) is 0 Å². The normalized spacial score (nSPS) is 10.6. The molecule has 0 fully saturated rings. The Morgan fingerprint density at radius 2 is 2.04 bits per heavy atom. The summed E-state index contributed by atoms with van der Waals surface area (Å²) in [7, 11) is 1.56. The molecule has 3 aromatic rings. The highest BCUT2D eigenvalue weighted by atomic mass is 16.5. The van der Waals surface area contributed by atoms with Crippen molar-refractivity contribution in [2.24, 2.45) is 0 Å². The molecule has 8 heteroatoms. The van der Waals surface area contributed by atoms with Gasteiger partial charge < -0.3 is 9.42 Å². The molecule has 26 heavy (non-hydrogen) atoms. The predicted octanol–water partition coefficient (Wildman–Crippen LogP) is 2.07. The molecule has 1 N–H and O–H groups in total. The minimum atomic E-state index is -0.771. The summed E-state index contributed by atoms with van der Waals surface area (Å²) in [4.78, 5) is 25.6. The van der Waals surface area contributed by atoms with Crippen molar-refractivity contribution in [2.75, 3.05) is 12.4 Å². The van der Waals surface area contributed by atoms with Gasteiger partial charge in [-0.3, -0.25) is 14.9 Å². The molecule has 2 amide bonds. The molecule has 0 radical (unpaired) electrons. The fourth-order valence-corrected chi connectivity index (χ4v) is 2.51. The van der Waals surface area contributed by atoms with Crippen LogP contribution in [0.3, 0.4) is 0 Å². The van der Waals surface area contributed by atoms with E-state index < -0.39 is 11.8 Å². The number of rotatable bonds is 4. The zero-order chi connectivity index (χ0) is 18.7. The molecule has 0 unspecified atom stereocenters. The van der Waals surface area contributed by atoms with E-state index in [4.69, 9.17) is 4.52 Å². The van der Waals surface area contributed by atoms with Gasteiger partial charge in [0, 0.05) is 31.4 Å². The first-order valence-corrected chi connectivity index (χ1v) is 8.03.